The van der Waals surface area contributed by atoms with Gasteiger partial charge in [0.05, 0.1) is 0 Å². The molecule has 0 aliphatic heterocycles. The third-order valence-corrected chi connectivity index (χ3v) is 1.78. The van der Waals surface area contributed by atoms with Gasteiger partial charge < -0.3 is 0 Å². The van der Waals surface area contributed by atoms with Crippen LogP contribution in [0.3, 0.4) is 0 Å². The maximum Gasteiger partial charge on any atom is 0.184 e. The van der Waals surface area contributed by atoms with Gasteiger partial charge in [0.2, 0.25) is 0 Å². The maximum atomic E-state index is 11.0. The van der Waals surface area contributed by atoms with Crippen LogP contribution in [0.5, 0.6) is 0 Å². The van der Waals surface area contributed by atoms with E-state index in [4.69, 9.17) is 0 Å². The normalized spacial score (nSPS) is 19.8. The quantitative estimate of drug-likeness (QED) is 0.448. The zero-order chi connectivity index (χ0) is 7.02. The van der Waals surface area contributed by atoms with Crippen LogP contribution in [0.25, 0.3) is 0 Å². The summed E-state index contributed by atoms with van der Waals surface area (Å²) in [6.07, 6.45) is 0.782. The summed E-state index contributed by atoms with van der Waals surface area (Å²) in [5, 5.41) is 0. The zero-order valence-electron chi connectivity index (χ0n) is 5.82. The van der Waals surface area contributed by atoms with Gasteiger partial charge in [0.25, 0.3) is 0 Å². The van der Waals surface area contributed by atoms with Crippen LogP contribution in [-0.2, 0) is 4.79 Å². The summed E-state index contributed by atoms with van der Waals surface area (Å²) in [4.78, 5) is 11.0. The summed E-state index contributed by atoms with van der Waals surface area (Å²) in [5.74, 6) is 0.146. The number of carbonyl (C=O) groups is 1. The summed E-state index contributed by atoms with van der Waals surface area (Å²) in [7, 11) is 0. The van der Waals surface area contributed by atoms with Gasteiger partial charge in [-0.1, -0.05) is 12.2 Å². The predicted octanol–water partition coefficient (Wildman–Crippen LogP) is 1.85. The van der Waals surface area contributed by atoms with E-state index in [0.717, 1.165) is 17.6 Å². The molecule has 0 aromatic rings. The minimum atomic E-state index is 0.146. The highest BCUT2D eigenvalue weighted by Crippen LogP contribution is 2.24. The lowest BCUT2D eigenvalue weighted by molar-refractivity contribution is -0.111. The highest BCUT2D eigenvalue weighted by molar-refractivity contribution is 6.10. The topological polar surface area (TPSA) is 17.1 Å². The second-order valence-corrected chi connectivity index (χ2v) is 2.51. The van der Waals surface area contributed by atoms with Crippen molar-refractivity contribution < 1.29 is 4.79 Å². The molecule has 0 amide bonds. The monoisotopic (exact) mass is 122 g/mol. The number of Topliss-reactive ketones (excluding diaryl/α,β-unsaturated/α-hetero) is 1. The van der Waals surface area contributed by atoms with Gasteiger partial charge in [-0.05, 0) is 31.4 Å². The molecule has 0 fully saturated rings. The molecule has 0 heterocycles. The van der Waals surface area contributed by atoms with Crippen LogP contribution in [0.4, 0.5) is 0 Å². The molecule has 0 spiro atoms. The molecular formula is C8H10O. The fourth-order valence-corrected chi connectivity index (χ4v) is 0.992. The Morgan fingerprint density at radius 1 is 1.44 bits per heavy atom. The summed E-state index contributed by atoms with van der Waals surface area (Å²) < 4.78 is 0. The fraction of sp³-hybridized carbons (Fsp3) is 0.375. The summed E-state index contributed by atoms with van der Waals surface area (Å²) in [6, 6.07) is 0. The largest absolute Gasteiger partial charge is 0.289 e. The Labute approximate surface area is 55.1 Å². The molecule has 48 valence electrons. The molecular weight excluding hydrogens is 112 g/mol. The Morgan fingerprint density at radius 2 is 2.00 bits per heavy atom. The van der Waals surface area contributed by atoms with Gasteiger partial charge in [0.15, 0.2) is 5.78 Å². The standard InChI is InChI=1S/C8H10O/c1-5-4-6(2)8(9)7(5)3/h2,4H2,1,3H3. The van der Waals surface area contributed by atoms with E-state index in [1.54, 1.807) is 0 Å². The van der Waals surface area contributed by atoms with Crippen molar-refractivity contribution in [3.63, 3.8) is 0 Å². The van der Waals surface area contributed by atoms with Gasteiger partial charge in [-0.3, -0.25) is 4.79 Å². The highest BCUT2D eigenvalue weighted by Gasteiger charge is 2.19. The molecule has 1 aliphatic carbocycles. The minimum Gasteiger partial charge on any atom is -0.289 e. The summed E-state index contributed by atoms with van der Waals surface area (Å²) in [6.45, 7) is 7.48. The molecule has 1 nitrogen and oxygen atoms in total. The molecule has 0 atom stereocenters. The molecule has 0 aromatic carbocycles. The van der Waals surface area contributed by atoms with Crippen molar-refractivity contribution in [3.8, 4) is 0 Å². The summed E-state index contributed by atoms with van der Waals surface area (Å²) in [5.41, 5.74) is 2.80. The fourth-order valence-electron chi connectivity index (χ4n) is 0.992. The van der Waals surface area contributed by atoms with Gasteiger partial charge in [-0.25, -0.2) is 0 Å². The molecule has 0 radical (unpaired) electrons. The van der Waals surface area contributed by atoms with Crippen molar-refractivity contribution >= 4 is 5.78 Å². The first-order valence-electron chi connectivity index (χ1n) is 3.01. The summed E-state index contributed by atoms with van der Waals surface area (Å²) >= 11 is 0. The Morgan fingerprint density at radius 3 is 2.11 bits per heavy atom. The van der Waals surface area contributed by atoms with Gasteiger partial charge in [-0.2, -0.15) is 0 Å². The van der Waals surface area contributed by atoms with E-state index >= 15 is 0 Å². The van der Waals surface area contributed by atoms with Crippen LogP contribution in [0, 0.1) is 0 Å². The molecule has 1 heteroatoms. The van der Waals surface area contributed by atoms with Gasteiger partial charge in [-0.15, -0.1) is 0 Å². The van der Waals surface area contributed by atoms with E-state index in [1.807, 2.05) is 13.8 Å². The molecule has 0 aromatic heterocycles. The Kier molecular flexibility index (Phi) is 1.28. The Hall–Kier alpha value is -0.850. The number of hydrogen-bond acceptors (Lipinski definition) is 1. The first kappa shape index (κ1) is 6.27. The smallest absolute Gasteiger partial charge is 0.184 e. The second kappa shape index (κ2) is 1.83. The van der Waals surface area contributed by atoms with Crippen LogP contribution >= 0.6 is 0 Å². The van der Waals surface area contributed by atoms with Crippen molar-refractivity contribution in [1.82, 2.24) is 0 Å². The Balaban J connectivity index is 3.01. The van der Waals surface area contributed by atoms with Gasteiger partial charge in [0.1, 0.15) is 0 Å². The number of carbonyl (C=O) groups excluding carboxylic acids is 1. The van der Waals surface area contributed by atoms with E-state index in [2.05, 4.69) is 6.58 Å². The maximum absolute atomic E-state index is 11.0. The van der Waals surface area contributed by atoms with Crippen LogP contribution in [-0.4, -0.2) is 5.78 Å². The molecule has 1 aliphatic rings. The average molecular weight is 122 g/mol. The minimum absolute atomic E-state index is 0.146. The zero-order valence-corrected chi connectivity index (χ0v) is 5.82. The molecule has 1 rings (SSSR count). The van der Waals surface area contributed by atoms with Crippen LogP contribution in [0.2, 0.25) is 0 Å². The lowest BCUT2D eigenvalue weighted by atomic mass is 10.2. The van der Waals surface area contributed by atoms with E-state index in [9.17, 15) is 4.79 Å². The molecule has 0 unspecified atom stereocenters. The van der Waals surface area contributed by atoms with Crippen molar-refractivity contribution in [1.29, 1.82) is 0 Å². The van der Waals surface area contributed by atoms with Gasteiger partial charge >= 0.3 is 0 Å². The first-order valence-corrected chi connectivity index (χ1v) is 3.01. The van der Waals surface area contributed by atoms with E-state index in [0.29, 0.717) is 0 Å². The van der Waals surface area contributed by atoms with Crippen molar-refractivity contribution in [2.75, 3.05) is 0 Å². The average Bonchev–Trinajstić information content (AvgIpc) is 1.98. The first-order chi connectivity index (χ1) is 4.13. The number of allylic oxidation sites excluding steroid dienone is 3. The predicted molar refractivity (Wildman–Crippen MR) is 37.1 cm³/mol. The van der Waals surface area contributed by atoms with Gasteiger partial charge in [0, 0.05) is 0 Å². The van der Waals surface area contributed by atoms with Crippen LogP contribution in [0.1, 0.15) is 20.3 Å². The van der Waals surface area contributed by atoms with E-state index in [-0.39, 0.29) is 5.78 Å². The van der Waals surface area contributed by atoms with Crippen molar-refractivity contribution in [2.45, 2.75) is 20.3 Å². The Bertz CT molecular complexity index is 206. The third kappa shape index (κ3) is 0.826. The lowest BCUT2D eigenvalue weighted by Gasteiger charge is -1.86. The highest BCUT2D eigenvalue weighted by atomic mass is 16.1. The number of rotatable bonds is 0. The molecule has 9 heavy (non-hydrogen) atoms. The van der Waals surface area contributed by atoms with Crippen LogP contribution < -0.4 is 0 Å². The molecule has 0 N–H and O–H groups in total. The van der Waals surface area contributed by atoms with Crippen molar-refractivity contribution in [3.05, 3.63) is 23.3 Å². The number of hydrogen-bond donors (Lipinski definition) is 0. The second-order valence-electron chi connectivity index (χ2n) is 2.51. The number of ketones is 1. The molecule has 0 bridgehead atoms. The molecule has 0 saturated heterocycles. The van der Waals surface area contributed by atoms with Crippen molar-refractivity contribution in [2.24, 2.45) is 0 Å². The third-order valence-electron chi connectivity index (χ3n) is 1.78. The lowest BCUT2D eigenvalue weighted by Crippen LogP contribution is -1.93. The molecule has 0 saturated carbocycles. The van der Waals surface area contributed by atoms with E-state index < -0.39 is 0 Å². The van der Waals surface area contributed by atoms with E-state index in [1.165, 1.54) is 5.57 Å². The van der Waals surface area contributed by atoms with Crippen LogP contribution in [0.15, 0.2) is 23.3 Å². The SMILES string of the molecule is C=C1CC(C)=C(C)C1=O.